The van der Waals surface area contributed by atoms with Gasteiger partial charge < -0.3 is 10.6 Å². The fraction of sp³-hybridized carbons (Fsp3) is 0.417. The predicted octanol–water partition coefficient (Wildman–Crippen LogP) is 2.35. The van der Waals surface area contributed by atoms with Crippen molar-refractivity contribution in [1.29, 1.82) is 0 Å². The summed E-state index contributed by atoms with van der Waals surface area (Å²) in [5.74, 6) is -0.193. The van der Waals surface area contributed by atoms with Crippen LogP contribution in [0.1, 0.15) is 17.5 Å². The maximum atomic E-state index is 12.4. The van der Waals surface area contributed by atoms with Crippen LogP contribution >= 0.6 is 12.4 Å². The number of hydrogen-bond acceptors (Lipinski definition) is 2. The smallest absolute Gasteiger partial charge is 0.352 e. The molecule has 0 aliphatic rings. The number of nitrogens with one attached hydrogen (secondary N) is 2. The molecule has 2 N–H and O–H groups in total. The molecule has 0 unspecified atom stereocenters. The minimum Gasteiger partial charge on any atom is -0.352 e. The lowest BCUT2D eigenvalue weighted by atomic mass is 10.1. The average Bonchev–Trinajstić information content (AvgIpc) is 2.33. The van der Waals surface area contributed by atoms with Gasteiger partial charge in [0.15, 0.2) is 0 Å². The van der Waals surface area contributed by atoms with Crippen LogP contribution in [0.3, 0.4) is 0 Å². The Bertz CT molecular complexity index is 410. The van der Waals surface area contributed by atoms with E-state index in [1.54, 1.807) is 13.1 Å². The van der Waals surface area contributed by atoms with Crippen molar-refractivity contribution in [1.82, 2.24) is 10.6 Å². The minimum absolute atomic E-state index is 0. The molecule has 19 heavy (non-hydrogen) atoms. The van der Waals surface area contributed by atoms with Crippen LogP contribution in [0.2, 0.25) is 0 Å². The Morgan fingerprint density at radius 1 is 1.32 bits per heavy atom. The number of carbonyl (C=O) groups excluding carboxylic acids is 1. The summed E-state index contributed by atoms with van der Waals surface area (Å²) in [7, 11) is 1.72. The van der Waals surface area contributed by atoms with Crippen molar-refractivity contribution in [2.45, 2.75) is 19.1 Å². The van der Waals surface area contributed by atoms with Gasteiger partial charge in [0.25, 0.3) is 0 Å². The Morgan fingerprint density at radius 3 is 2.58 bits per heavy atom. The Labute approximate surface area is 116 Å². The molecule has 0 heterocycles. The fourth-order valence-electron chi connectivity index (χ4n) is 1.39. The zero-order valence-corrected chi connectivity index (χ0v) is 11.2. The molecule has 0 radical (unpaired) electrons. The van der Waals surface area contributed by atoms with E-state index in [1.807, 2.05) is 0 Å². The second-order valence-electron chi connectivity index (χ2n) is 3.83. The molecule has 0 spiro atoms. The molecule has 3 nitrogen and oxygen atoms in total. The van der Waals surface area contributed by atoms with E-state index in [4.69, 9.17) is 0 Å². The molecule has 108 valence electrons. The Morgan fingerprint density at radius 2 is 2.00 bits per heavy atom. The molecule has 0 aliphatic carbocycles. The molecule has 0 fully saturated rings. The van der Waals surface area contributed by atoms with E-state index < -0.39 is 11.7 Å². The lowest BCUT2D eigenvalue weighted by molar-refractivity contribution is -0.137. The van der Waals surface area contributed by atoms with E-state index in [2.05, 4.69) is 10.6 Å². The second kappa shape index (κ2) is 8.01. The average molecular weight is 297 g/mol. The molecule has 0 aliphatic heterocycles. The third-order valence-corrected chi connectivity index (χ3v) is 2.35. The van der Waals surface area contributed by atoms with Crippen LogP contribution in [-0.2, 0) is 17.5 Å². The van der Waals surface area contributed by atoms with Crippen LogP contribution in [-0.4, -0.2) is 19.5 Å². The lowest BCUT2D eigenvalue weighted by Crippen LogP contribution is -2.26. The van der Waals surface area contributed by atoms with Gasteiger partial charge in [-0.2, -0.15) is 13.2 Å². The van der Waals surface area contributed by atoms with E-state index >= 15 is 0 Å². The van der Waals surface area contributed by atoms with E-state index in [0.29, 0.717) is 18.5 Å². The molecule has 0 atom stereocenters. The number of carbonyl (C=O) groups is 1. The number of benzene rings is 1. The summed E-state index contributed by atoms with van der Waals surface area (Å²) < 4.78 is 37.3. The molecule has 0 aromatic heterocycles. The monoisotopic (exact) mass is 296 g/mol. The third kappa shape index (κ3) is 6.45. The Hall–Kier alpha value is -1.27. The first-order valence-electron chi connectivity index (χ1n) is 5.51. The molecule has 7 heteroatoms. The van der Waals surface area contributed by atoms with Gasteiger partial charge >= 0.3 is 6.18 Å². The van der Waals surface area contributed by atoms with Crippen LogP contribution in [0, 0.1) is 0 Å². The number of halogens is 4. The Balaban J connectivity index is 0.00000324. The van der Waals surface area contributed by atoms with Gasteiger partial charge in [-0.25, -0.2) is 0 Å². The van der Waals surface area contributed by atoms with Crippen molar-refractivity contribution in [3.05, 3.63) is 35.4 Å². The van der Waals surface area contributed by atoms with Gasteiger partial charge in [-0.1, -0.05) is 12.1 Å². The van der Waals surface area contributed by atoms with E-state index in [-0.39, 0.29) is 24.9 Å². The number of rotatable bonds is 5. The van der Waals surface area contributed by atoms with Crippen LogP contribution in [0.15, 0.2) is 24.3 Å². The maximum Gasteiger partial charge on any atom is 0.416 e. The zero-order chi connectivity index (χ0) is 13.6. The zero-order valence-electron chi connectivity index (χ0n) is 10.4. The molecule has 0 bridgehead atoms. The topological polar surface area (TPSA) is 41.1 Å². The van der Waals surface area contributed by atoms with Crippen molar-refractivity contribution in [3.63, 3.8) is 0 Å². The normalized spacial score (nSPS) is 10.7. The summed E-state index contributed by atoms with van der Waals surface area (Å²) in [6.07, 6.45) is -4.05. The molecule has 0 saturated heterocycles. The number of amides is 1. The van der Waals surface area contributed by atoms with Crippen molar-refractivity contribution >= 4 is 18.3 Å². The number of hydrogen-bond donors (Lipinski definition) is 2. The van der Waals surface area contributed by atoms with E-state index in [9.17, 15) is 18.0 Å². The largest absolute Gasteiger partial charge is 0.416 e. The molecular weight excluding hydrogens is 281 g/mol. The van der Waals surface area contributed by atoms with E-state index in [0.717, 1.165) is 12.1 Å². The first kappa shape index (κ1) is 17.7. The van der Waals surface area contributed by atoms with Gasteiger partial charge in [-0.3, -0.25) is 4.79 Å². The van der Waals surface area contributed by atoms with Crippen LogP contribution < -0.4 is 10.6 Å². The molecule has 1 amide bonds. The summed E-state index contributed by atoms with van der Waals surface area (Å²) >= 11 is 0. The van der Waals surface area contributed by atoms with Crippen LogP contribution in [0.4, 0.5) is 13.2 Å². The maximum absolute atomic E-state index is 12.4. The summed E-state index contributed by atoms with van der Waals surface area (Å²) in [6.45, 7) is 0.640. The van der Waals surface area contributed by atoms with Gasteiger partial charge in [0.05, 0.1) is 5.56 Å². The third-order valence-electron chi connectivity index (χ3n) is 2.35. The summed E-state index contributed by atoms with van der Waals surface area (Å²) in [5.41, 5.74) is -0.271. The van der Waals surface area contributed by atoms with Gasteiger partial charge in [-0.05, 0) is 24.7 Å². The van der Waals surface area contributed by atoms with Crippen molar-refractivity contribution < 1.29 is 18.0 Å². The van der Waals surface area contributed by atoms with Gasteiger partial charge in [0.1, 0.15) is 0 Å². The molecule has 0 saturated carbocycles. The Kier molecular flexibility index (Phi) is 7.48. The van der Waals surface area contributed by atoms with Gasteiger partial charge in [0, 0.05) is 19.5 Å². The fourth-order valence-corrected chi connectivity index (χ4v) is 1.39. The highest BCUT2D eigenvalue weighted by Gasteiger charge is 2.30. The standard InChI is InChI=1S/C12H15F3N2O.ClH/c1-16-6-5-11(18)17-8-9-3-2-4-10(7-9)12(13,14)15;/h2-4,7,16H,5-6,8H2,1H3,(H,17,18);1H. The van der Waals surface area contributed by atoms with E-state index in [1.165, 1.54) is 6.07 Å². The van der Waals surface area contributed by atoms with Crippen molar-refractivity contribution in [2.24, 2.45) is 0 Å². The second-order valence-corrected chi connectivity index (χ2v) is 3.83. The molecular formula is C12H16ClF3N2O. The number of alkyl halides is 3. The molecule has 1 aromatic carbocycles. The first-order valence-corrected chi connectivity index (χ1v) is 5.51. The summed E-state index contributed by atoms with van der Waals surface area (Å²) in [6, 6.07) is 4.93. The van der Waals surface area contributed by atoms with Crippen LogP contribution in [0.25, 0.3) is 0 Å². The lowest BCUT2D eigenvalue weighted by Gasteiger charge is -2.09. The SMILES string of the molecule is CNCCC(=O)NCc1cccc(C(F)(F)F)c1.Cl. The highest BCUT2D eigenvalue weighted by molar-refractivity contribution is 5.85. The first-order chi connectivity index (χ1) is 8.43. The molecule has 1 rings (SSSR count). The summed E-state index contributed by atoms with van der Waals surface area (Å²) in [4.78, 5) is 11.3. The van der Waals surface area contributed by atoms with Crippen molar-refractivity contribution in [3.8, 4) is 0 Å². The highest BCUT2D eigenvalue weighted by Crippen LogP contribution is 2.29. The quantitative estimate of drug-likeness (QED) is 0.876. The van der Waals surface area contributed by atoms with Gasteiger partial charge in [-0.15, -0.1) is 12.4 Å². The molecule has 1 aromatic rings. The highest BCUT2D eigenvalue weighted by atomic mass is 35.5. The van der Waals surface area contributed by atoms with Crippen molar-refractivity contribution in [2.75, 3.05) is 13.6 Å². The van der Waals surface area contributed by atoms with Gasteiger partial charge in [0.2, 0.25) is 5.91 Å². The summed E-state index contributed by atoms with van der Waals surface area (Å²) in [5, 5.41) is 5.38. The van der Waals surface area contributed by atoms with Crippen LogP contribution in [0.5, 0.6) is 0 Å². The predicted molar refractivity (Wildman–Crippen MR) is 69.1 cm³/mol. The minimum atomic E-state index is -4.36.